The molecule has 1 aliphatic rings. The molecular weight excluding hydrogens is 566 g/mol. The van der Waals surface area contributed by atoms with Crippen molar-refractivity contribution in [3.8, 4) is 11.3 Å². The van der Waals surface area contributed by atoms with Crippen molar-refractivity contribution in [3.05, 3.63) is 97.8 Å². The van der Waals surface area contributed by atoms with E-state index in [-0.39, 0.29) is 49.8 Å². The SMILES string of the molecule is CCOC(=O)C1=C(O)/C(=C/c2ccc(-c3ccc(Cl)c(C(F)(F)F)c3)o2)SC1=NC(=O)c1ccccc1Cl. The molecule has 0 radical (unpaired) electrons. The van der Waals surface area contributed by atoms with Crippen LogP contribution in [0.2, 0.25) is 10.0 Å². The second kappa shape index (κ2) is 11.1. The Morgan fingerprint density at radius 1 is 1.11 bits per heavy atom. The van der Waals surface area contributed by atoms with E-state index in [1.807, 2.05) is 0 Å². The van der Waals surface area contributed by atoms with Crippen LogP contribution in [0.1, 0.15) is 28.6 Å². The van der Waals surface area contributed by atoms with Crippen molar-refractivity contribution >= 4 is 58.0 Å². The van der Waals surface area contributed by atoms with Gasteiger partial charge in [0.25, 0.3) is 5.91 Å². The van der Waals surface area contributed by atoms with Crippen LogP contribution in [-0.2, 0) is 15.7 Å². The number of hydrogen-bond acceptors (Lipinski definition) is 6. The Morgan fingerprint density at radius 2 is 1.84 bits per heavy atom. The number of rotatable bonds is 5. The zero-order chi connectivity index (χ0) is 27.6. The summed E-state index contributed by atoms with van der Waals surface area (Å²) in [6, 6.07) is 12.5. The third-order valence-corrected chi connectivity index (χ3v) is 6.81. The second-order valence-electron chi connectivity index (χ2n) is 7.65. The highest BCUT2D eigenvalue weighted by Crippen LogP contribution is 2.41. The molecule has 3 aromatic rings. The molecule has 6 nitrogen and oxygen atoms in total. The highest BCUT2D eigenvalue weighted by molar-refractivity contribution is 8.18. The summed E-state index contributed by atoms with van der Waals surface area (Å²) in [7, 11) is 0. The molecule has 0 saturated carbocycles. The molecule has 0 spiro atoms. The van der Waals surface area contributed by atoms with Crippen LogP contribution in [0.15, 0.2) is 80.2 Å². The molecule has 1 aliphatic heterocycles. The number of carbonyl (C=O) groups is 2. The zero-order valence-corrected chi connectivity index (χ0v) is 21.6. The van der Waals surface area contributed by atoms with E-state index in [2.05, 4.69) is 4.99 Å². The number of esters is 1. The third-order valence-electron chi connectivity index (χ3n) is 5.13. The molecule has 38 heavy (non-hydrogen) atoms. The maximum atomic E-state index is 13.2. The van der Waals surface area contributed by atoms with Gasteiger partial charge in [0.15, 0.2) is 0 Å². The van der Waals surface area contributed by atoms with Gasteiger partial charge in [-0.3, -0.25) is 4.79 Å². The average molecular weight is 582 g/mol. The number of aliphatic hydroxyl groups is 1. The first-order valence-corrected chi connectivity index (χ1v) is 12.4. The number of aliphatic hydroxyl groups excluding tert-OH is 1. The number of aliphatic imine (C=N–C) groups is 1. The van der Waals surface area contributed by atoms with Crippen LogP contribution in [0.4, 0.5) is 13.2 Å². The van der Waals surface area contributed by atoms with Crippen LogP contribution < -0.4 is 0 Å². The van der Waals surface area contributed by atoms with E-state index in [0.29, 0.717) is 0 Å². The smallest absolute Gasteiger partial charge is 0.417 e. The first kappa shape index (κ1) is 27.6. The largest absolute Gasteiger partial charge is 0.506 e. The quantitative estimate of drug-likeness (QED) is 0.307. The van der Waals surface area contributed by atoms with Crippen LogP contribution in [0.25, 0.3) is 17.4 Å². The van der Waals surface area contributed by atoms with Gasteiger partial charge in [0.2, 0.25) is 0 Å². The monoisotopic (exact) mass is 581 g/mol. The topological polar surface area (TPSA) is 89.1 Å². The van der Waals surface area contributed by atoms with Crippen molar-refractivity contribution in [2.45, 2.75) is 13.1 Å². The Morgan fingerprint density at radius 3 is 2.53 bits per heavy atom. The van der Waals surface area contributed by atoms with Crippen LogP contribution in [0.3, 0.4) is 0 Å². The fourth-order valence-corrected chi connectivity index (χ4v) is 4.82. The Labute approximate surface area is 228 Å². The van der Waals surface area contributed by atoms with E-state index < -0.39 is 34.4 Å². The minimum Gasteiger partial charge on any atom is -0.506 e. The van der Waals surface area contributed by atoms with Gasteiger partial charge < -0.3 is 14.3 Å². The Hall–Kier alpha value is -3.47. The van der Waals surface area contributed by atoms with Gasteiger partial charge in [0.1, 0.15) is 27.9 Å². The predicted octanol–water partition coefficient (Wildman–Crippen LogP) is 7.97. The Bertz CT molecular complexity index is 1530. The molecule has 0 aliphatic carbocycles. The molecule has 2 aromatic carbocycles. The lowest BCUT2D eigenvalue weighted by Crippen LogP contribution is -2.14. The van der Waals surface area contributed by atoms with Crippen molar-refractivity contribution in [2.75, 3.05) is 6.61 Å². The fourth-order valence-electron chi connectivity index (χ4n) is 3.39. The summed E-state index contributed by atoms with van der Waals surface area (Å²) in [5.41, 5.74) is -1.10. The first-order chi connectivity index (χ1) is 18.0. The molecule has 0 bridgehead atoms. The minimum atomic E-state index is -4.65. The molecule has 0 saturated heterocycles. The Balaban J connectivity index is 1.69. The van der Waals surface area contributed by atoms with Gasteiger partial charge in [-0.1, -0.05) is 47.1 Å². The predicted molar refractivity (Wildman–Crippen MR) is 139 cm³/mol. The summed E-state index contributed by atoms with van der Waals surface area (Å²) >= 11 is 12.6. The van der Waals surface area contributed by atoms with Crippen LogP contribution in [0.5, 0.6) is 0 Å². The lowest BCUT2D eigenvalue weighted by Gasteiger charge is -2.09. The van der Waals surface area contributed by atoms with E-state index in [1.54, 1.807) is 19.1 Å². The lowest BCUT2D eigenvalue weighted by atomic mass is 10.1. The number of ether oxygens (including phenoxy) is 1. The summed E-state index contributed by atoms with van der Waals surface area (Å²) in [4.78, 5) is 29.4. The normalized spacial score (nSPS) is 15.9. The van der Waals surface area contributed by atoms with Crippen LogP contribution >= 0.6 is 35.0 Å². The number of alkyl halides is 3. The number of furan rings is 1. The summed E-state index contributed by atoms with van der Waals surface area (Å²) in [6.45, 7) is 1.58. The van der Waals surface area contributed by atoms with Crippen molar-refractivity contribution in [2.24, 2.45) is 4.99 Å². The molecule has 4 rings (SSSR count). The van der Waals surface area contributed by atoms with E-state index in [0.717, 1.165) is 23.9 Å². The van der Waals surface area contributed by atoms with Crippen molar-refractivity contribution in [1.82, 2.24) is 0 Å². The highest BCUT2D eigenvalue weighted by Gasteiger charge is 2.35. The maximum absolute atomic E-state index is 13.2. The van der Waals surface area contributed by atoms with Gasteiger partial charge in [0.05, 0.1) is 32.7 Å². The average Bonchev–Trinajstić information content (AvgIpc) is 3.43. The number of nitrogens with zero attached hydrogens (tertiary/aromatic N) is 1. The summed E-state index contributed by atoms with van der Waals surface area (Å²) in [6.07, 6.45) is -3.30. The van der Waals surface area contributed by atoms with Crippen molar-refractivity contribution < 1.29 is 37.0 Å². The highest BCUT2D eigenvalue weighted by atomic mass is 35.5. The molecule has 1 N–H and O–H groups in total. The van der Waals surface area contributed by atoms with Crippen molar-refractivity contribution in [1.29, 1.82) is 0 Å². The maximum Gasteiger partial charge on any atom is 0.417 e. The van der Waals surface area contributed by atoms with E-state index in [1.165, 1.54) is 36.4 Å². The third kappa shape index (κ3) is 5.82. The van der Waals surface area contributed by atoms with Gasteiger partial charge >= 0.3 is 12.1 Å². The molecule has 196 valence electrons. The van der Waals surface area contributed by atoms with Crippen molar-refractivity contribution in [3.63, 3.8) is 0 Å². The number of hydrogen-bond donors (Lipinski definition) is 1. The van der Waals surface area contributed by atoms with E-state index >= 15 is 0 Å². The second-order valence-corrected chi connectivity index (χ2v) is 9.50. The van der Waals surface area contributed by atoms with Gasteiger partial charge in [-0.25, -0.2) is 9.79 Å². The van der Waals surface area contributed by atoms with Crippen LogP contribution in [0, 0.1) is 0 Å². The first-order valence-electron chi connectivity index (χ1n) is 10.8. The fraction of sp³-hybridized carbons (Fsp3) is 0.115. The minimum absolute atomic E-state index is 0.00756. The van der Waals surface area contributed by atoms with Gasteiger partial charge in [-0.15, -0.1) is 0 Å². The number of thioether (sulfide) groups is 1. The molecule has 1 amide bonds. The molecular formula is C26H16Cl2F3NO5S. The van der Waals surface area contributed by atoms with Gasteiger partial charge in [0, 0.05) is 5.56 Å². The molecule has 0 atom stereocenters. The summed E-state index contributed by atoms with van der Waals surface area (Å²) < 4.78 is 50.4. The Kier molecular flexibility index (Phi) is 8.05. The number of amides is 1. The molecule has 0 fully saturated rings. The van der Waals surface area contributed by atoms with Crippen LogP contribution in [-0.4, -0.2) is 28.6 Å². The number of halogens is 5. The molecule has 2 heterocycles. The summed E-state index contributed by atoms with van der Waals surface area (Å²) in [5.74, 6) is -1.87. The summed E-state index contributed by atoms with van der Waals surface area (Å²) in [5, 5.41) is 10.4. The van der Waals surface area contributed by atoms with E-state index in [9.17, 15) is 27.9 Å². The standard InChI is InChI=1S/C26H16Cl2F3NO5S/c1-2-36-25(35)21-22(33)20(38-24(21)32-23(34)15-5-3-4-6-17(15)27)12-14-8-10-19(37-14)13-7-9-18(28)16(11-13)26(29,30)31/h3-12,33H,2H2,1H3/b20-12-,32-24?. The number of carbonyl (C=O) groups excluding carboxylic acids is 2. The van der Waals surface area contributed by atoms with Gasteiger partial charge in [-0.05, 0) is 55.5 Å². The van der Waals surface area contributed by atoms with Gasteiger partial charge in [-0.2, -0.15) is 13.2 Å². The zero-order valence-electron chi connectivity index (χ0n) is 19.3. The molecule has 1 aromatic heterocycles. The molecule has 12 heteroatoms. The molecule has 0 unspecified atom stereocenters. The van der Waals surface area contributed by atoms with E-state index in [4.69, 9.17) is 32.4 Å². The number of benzene rings is 2. The lowest BCUT2D eigenvalue weighted by molar-refractivity contribution is -0.138.